The quantitative estimate of drug-likeness (QED) is 0.713. The Morgan fingerprint density at radius 2 is 2.29 bits per heavy atom. The molecule has 0 radical (unpaired) electrons. The number of hydrogen-bond donors (Lipinski definition) is 1. The van der Waals surface area contributed by atoms with Gasteiger partial charge in [0.15, 0.2) is 0 Å². The van der Waals surface area contributed by atoms with E-state index in [0.717, 1.165) is 18.4 Å². The van der Waals surface area contributed by atoms with E-state index in [0.29, 0.717) is 10.6 Å². The summed E-state index contributed by atoms with van der Waals surface area (Å²) in [5, 5.41) is 0. The van der Waals surface area contributed by atoms with Gasteiger partial charge in [0.2, 0.25) is 0 Å². The maximum Gasteiger partial charge on any atom is 0.124 e. The Kier molecular flexibility index (Phi) is 2.65. The van der Waals surface area contributed by atoms with Crippen LogP contribution >= 0.6 is 0 Å². The molecule has 0 aromatic heterocycles. The lowest BCUT2D eigenvalue weighted by atomic mass is 10.0. The monoisotopic (exact) mass is 213 g/mol. The fourth-order valence-electron chi connectivity index (χ4n) is 1.71. The summed E-state index contributed by atoms with van der Waals surface area (Å²) in [7, 11) is -1.08. The molecule has 76 valence electrons. The molecule has 1 aromatic carbocycles. The molecule has 2 atom stereocenters. The van der Waals surface area contributed by atoms with Crippen molar-refractivity contribution >= 4 is 10.8 Å². The Morgan fingerprint density at radius 3 is 3.07 bits per heavy atom. The highest BCUT2D eigenvalue weighted by Crippen LogP contribution is 2.27. The number of rotatable bonds is 0. The Labute approximate surface area is 84.8 Å². The smallest absolute Gasteiger partial charge is 0.124 e. The molecule has 2 N–H and O–H groups in total. The van der Waals surface area contributed by atoms with Gasteiger partial charge in [0, 0.05) is 16.7 Å². The molecule has 0 spiro atoms. The molecule has 0 saturated carbocycles. The van der Waals surface area contributed by atoms with E-state index in [9.17, 15) is 8.60 Å². The Morgan fingerprint density at radius 1 is 1.50 bits per heavy atom. The van der Waals surface area contributed by atoms with Gasteiger partial charge in [-0.2, -0.15) is 0 Å². The third-order valence-corrected chi connectivity index (χ3v) is 3.97. The Balaban J connectivity index is 2.54. The maximum atomic E-state index is 13.0. The van der Waals surface area contributed by atoms with E-state index < -0.39 is 10.8 Å². The van der Waals surface area contributed by atoms with Gasteiger partial charge in [0.1, 0.15) is 5.82 Å². The van der Waals surface area contributed by atoms with Crippen LogP contribution in [0, 0.1) is 5.82 Å². The van der Waals surface area contributed by atoms with E-state index >= 15 is 0 Å². The first-order valence-corrected chi connectivity index (χ1v) is 5.94. The number of hydrogen-bond acceptors (Lipinski definition) is 2. The van der Waals surface area contributed by atoms with Crippen LogP contribution in [-0.2, 0) is 10.8 Å². The van der Waals surface area contributed by atoms with Crippen LogP contribution in [0.25, 0.3) is 0 Å². The second-order valence-electron chi connectivity index (χ2n) is 3.48. The summed E-state index contributed by atoms with van der Waals surface area (Å²) in [6, 6.07) is 4.27. The molecule has 2 nitrogen and oxygen atoms in total. The molecule has 0 bridgehead atoms. The highest BCUT2D eigenvalue weighted by Gasteiger charge is 2.20. The number of benzene rings is 1. The van der Waals surface area contributed by atoms with Crippen LogP contribution in [0.2, 0.25) is 0 Å². The van der Waals surface area contributed by atoms with E-state index in [4.69, 9.17) is 5.73 Å². The van der Waals surface area contributed by atoms with Crippen molar-refractivity contribution in [2.45, 2.75) is 23.8 Å². The Bertz CT molecular complexity index is 380. The summed E-state index contributed by atoms with van der Waals surface area (Å²) in [6.45, 7) is 0. The summed E-state index contributed by atoms with van der Waals surface area (Å²) in [6.07, 6.45) is 1.66. The third-order valence-electron chi connectivity index (χ3n) is 2.47. The largest absolute Gasteiger partial charge is 0.324 e. The van der Waals surface area contributed by atoms with Gasteiger partial charge in [-0.1, -0.05) is 6.07 Å². The SMILES string of the molecule is NC1CCCS(=O)c2cc(F)ccc21. The van der Waals surface area contributed by atoms with Gasteiger partial charge >= 0.3 is 0 Å². The average Bonchev–Trinajstić information content (AvgIpc) is 2.28. The van der Waals surface area contributed by atoms with Crippen LogP contribution in [0.5, 0.6) is 0 Å². The van der Waals surface area contributed by atoms with Crippen molar-refractivity contribution in [2.75, 3.05) is 5.75 Å². The van der Waals surface area contributed by atoms with Gasteiger partial charge in [-0.05, 0) is 30.5 Å². The minimum absolute atomic E-state index is 0.1000. The fourth-order valence-corrected chi connectivity index (χ4v) is 3.09. The van der Waals surface area contributed by atoms with Crippen molar-refractivity contribution in [1.29, 1.82) is 0 Å². The molecule has 1 aliphatic heterocycles. The van der Waals surface area contributed by atoms with Crippen LogP contribution < -0.4 is 5.73 Å². The molecular formula is C10H12FNOS. The van der Waals surface area contributed by atoms with Crippen molar-refractivity contribution in [3.8, 4) is 0 Å². The summed E-state index contributed by atoms with van der Waals surface area (Å²) in [5.41, 5.74) is 6.74. The van der Waals surface area contributed by atoms with E-state index in [-0.39, 0.29) is 11.9 Å². The lowest BCUT2D eigenvalue weighted by Crippen LogP contribution is -2.10. The topological polar surface area (TPSA) is 43.1 Å². The van der Waals surface area contributed by atoms with Gasteiger partial charge in [-0.15, -0.1) is 0 Å². The van der Waals surface area contributed by atoms with Gasteiger partial charge in [0.25, 0.3) is 0 Å². The lowest BCUT2D eigenvalue weighted by molar-refractivity contribution is 0.610. The summed E-state index contributed by atoms with van der Waals surface area (Å²) in [5.74, 6) is 0.246. The van der Waals surface area contributed by atoms with Gasteiger partial charge < -0.3 is 5.73 Å². The van der Waals surface area contributed by atoms with Crippen molar-refractivity contribution in [3.63, 3.8) is 0 Å². The van der Waals surface area contributed by atoms with E-state index in [1.165, 1.54) is 12.1 Å². The van der Waals surface area contributed by atoms with Crippen LogP contribution in [-0.4, -0.2) is 9.96 Å². The molecule has 1 aromatic rings. The first-order chi connectivity index (χ1) is 6.68. The molecule has 1 heterocycles. The number of fused-ring (bicyclic) bond motifs is 1. The molecule has 2 rings (SSSR count). The van der Waals surface area contributed by atoms with Crippen LogP contribution in [0.15, 0.2) is 23.1 Å². The maximum absolute atomic E-state index is 13.0. The molecule has 0 amide bonds. The average molecular weight is 213 g/mol. The first kappa shape index (κ1) is 9.80. The third kappa shape index (κ3) is 1.72. The van der Waals surface area contributed by atoms with Crippen molar-refractivity contribution in [1.82, 2.24) is 0 Å². The molecule has 0 fully saturated rings. The standard InChI is InChI=1S/C10H12FNOS/c11-7-3-4-8-9(12)2-1-5-14(13)10(8)6-7/h3-4,6,9H,1-2,5,12H2. The minimum Gasteiger partial charge on any atom is -0.324 e. The fraction of sp³-hybridized carbons (Fsp3) is 0.400. The van der Waals surface area contributed by atoms with Crippen molar-refractivity contribution < 1.29 is 8.60 Å². The second kappa shape index (κ2) is 3.79. The van der Waals surface area contributed by atoms with Gasteiger partial charge in [-0.3, -0.25) is 4.21 Å². The molecule has 2 unspecified atom stereocenters. The van der Waals surface area contributed by atoms with E-state index in [1.54, 1.807) is 6.07 Å². The highest BCUT2D eigenvalue weighted by molar-refractivity contribution is 7.85. The van der Waals surface area contributed by atoms with Gasteiger partial charge in [0.05, 0.1) is 10.8 Å². The van der Waals surface area contributed by atoms with Crippen LogP contribution in [0.1, 0.15) is 24.4 Å². The summed E-state index contributed by atoms with van der Waals surface area (Å²) in [4.78, 5) is 0.579. The molecule has 14 heavy (non-hydrogen) atoms. The van der Waals surface area contributed by atoms with Gasteiger partial charge in [-0.25, -0.2) is 4.39 Å². The van der Waals surface area contributed by atoms with Crippen LogP contribution in [0.4, 0.5) is 4.39 Å². The summed E-state index contributed by atoms with van der Waals surface area (Å²) >= 11 is 0. The Hall–Kier alpha value is -0.740. The van der Waals surface area contributed by atoms with Crippen molar-refractivity contribution in [3.05, 3.63) is 29.6 Å². The summed E-state index contributed by atoms with van der Waals surface area (Å²) < 4.78 is 24.6. The highest BCUT2D eigenvalue weighted by atomic mass is 32.2. The van der Waals surface area contributed by atoms with Crippen molar-refractivity contribution in [2.24, 2.45) is 5.73 Å². The van der Waals surface area contributed by atoms with Crippen LogP contribution in [0.3, 0.4) is 0 Å². The molecular weight excluding hydrogens is 201 g/mol. The zero-order valence-electron chi connectivity index (χ0n) is 7.70. The first-order valence-electron chi connectivity index (χ1n) is 4.62. The van der Waals surface area contributed by atoms with E-state index in [1.807, 2.05) is 0 Å². The normalized spacial score (nSPS) is 26.7. The molecule has 0 aliphatic carbocycles. The molecule has 0 saturated heterocycles. The second-order valence-corrected chi connectivity index (χ2v) is 5.02. The number of halogens is 1. The number of nitrogens with two attached hydrogens (primary N) is 1. The lowest BCUT2D eigenvalue weighted by Gasteiger charge is -2.10. The zero-order chi connectivity index (χ0) is 10.1. The molecule has 4 heteroatoms. The molecule has 1 aliphatic rings. The predicted molar refractivity (Wildman–Crippen MR) is 53.8 cm³/mol. The minimum atomic E-state index is -1.08. The zero-order valence-corrected chi connectivity index (χ0v) is 8.52. The predicted octanol–water partition coefficient (Wildman–Crippen LogP) is 1.73. The van der Waals surface area contributed by atoms with E-state index in [2.05, 4.69) is 0 Å².